The van der Waals surface area contributed by atoms with Crippen LogP contribution in [0.1, 0.15) is 20.3 Å². The van der Waals surface area contributed by atoms with E-state index < -0.39 is 4.92 Å². The van der Waals surface area contributed by atoms with E-state index in [1.54, 1.807) is 12.1 Å². The van der Waals surface area contributed by atoms with Crippen molar-refractivity contribution in [2.24, 2.45) is 0 Å². The van der Waals surface area contributed by atoms with Gasteiger partial charge in [0.1, 0.15) is 11.4 Å². The van der Waals surface area contributed by atoms with Crippen LogP contribution in [0.4, 0.5) is 17.1 Å². The Labute approximate surface area is 88.4 Å². The monoisotopic (exact) mass is 209 g/mol. The summed E-state index contributed by atoms with van der Waals surface area (Å²) in [5, 5.41) is 13.9. The van der Waals surface area contributed by atoms with Gasteiger partial charge in [0.25, 0.3) is 0 Å². The van der Waals surface area contributed by atoms with E-state index >= 15 is 0 Å². The highest BCUT2D eigenvalue weighted by molar-refractivity contribution is 5.74. The second kappa shape index (κ2) is 4.63. The number of nitro benzene ring substituents is 1. The molecule has 0 spiro atoms. The Morgan fingerprint density at radius 3 is 2.80 bits per heavy atom. The highest BCUT2D eigenvalue weighted by atomic mass is 16.6. The lowest BCUT2D eigenvalue weighted by Crippen LogP contribution is -2.15. The summed E-state index contributed by atoms with van der Waals surface area (Å²) >= 11 is 0. The number of nitrogens with one attached hydrogen (secondary N) is 1. The van der Waals surface area contributed by atoms with Crippen molar-refractivity contribution in [2.45, 2.75) is 26.3 Å². The summed E-state index contributed by atoms with van der Waals surface area (Å²) in [6, 6.07) is 5.08. The standard InChI is InChI=1S/C10H15N3O2/c1-3-7(2)12-9-6-4-5-8(11)10(9)13(14)15/h4-7,12H,3,11H2,1-2H3. The molecule has 0 bridgehead atoms. The molecule has 0 aliphatic carbocycles. The summed E-state index contributed by atoms with van der Waals surface area (Å²) in [5.74, 6) is 0. The van der Waals surface area contributed by atoms with Crippen molar-refractivity contribution in [2.75, 3.05) is 11.1 Å². The third kappa shape index (κ3) is 2.59. The molecule has 1 atom stereocenters. The zero-order valence-corrected chi connectivity index (χ0v) is 8.86. The maximum absolute atomic E-state index is 10.8. The normalized spacial score (nSPS) is 12.1. The quantitative estimate of drug-likeness (QED) is 0.453. The predicted molar refractivity (Wildman–Crippen MR) is 60.9 cm³/mol. The molecular formula is C10H15N3O2. The molecule has 0 radical (unpaired) electrons. The van der Waals surface area contributed by atoms with E-state index in [1.165, 1.54) is 6.07 Å². The first-order chi connectivity index (χ1) is 7.06. The van der Waals surface area contributed by atoms with Gasteiger partial charge in [-0.1, -0.05) is 13.0 Å². The number of nitrogen functional groups attached to an aromatic ring is 1. The van der Waals surface area contributed by atoms with Crippen molar-refractivity contribution >= 4 is 17.1 Å². The van der Waals surface area contributed by atoms with Gasteiger partial charge in [-0.15, -0.1) is 0 Å². The molecule has 1 aromatic rings. The zero-order chi connectivity index (χ0) is 11.4. The molecule has 1 aromatic carbocycles. The number of hydrogen-bond donors (Lipinski definition) is 2. The highest BCUT2D eigenvalue weighted by Gasteiger charge is 2.18. The Hall–Kier alpha value is -1.78. The van der Waals surface area contributed by atoms with E-state index in [-0.39, 0.29) is 17.4 Å². The van der Waals surface area contributed by atoms with Crippen molar-refractivity contribution in [1.29, 1.82) is 0 Å². The van der Waals surface area contributed by atoms with Crippen LogP contribution in [0.25, 0.3) is 0 Å². The molecule has 0 saturated heterocycles. The van der Waals surface area contributed by atoms with Gasteiger partial charge < -0.3 is 11.1 Å². The van der Waals surface area contributed by atoms with Crippen LogP contribution in [0.2, 0.25) is 0 Å². The molecule has 0 saturated carbocycles. The molecule has 0 heterocycles. The highest BCUT2D eigenvalue weighted by Crippen LogP contribution is 2.30. The van der Waals surface area contributed by atoms with E-state index in [0.29, 0.717) is 5.69 Å². The Balaban J connectivity index is 3.06. The molecule has 0 amide bonds. The lowest BCUT2D eigenvalue weighted by atomic mass is 10.2. The van der Waals surface area contributed by atoms with Crippen LogP contribution in [0.5, 0.6) is 0 Å². The van der Waals surface area contributed by atoms with Crippen LogP contribution < -0.4 is 11.1 Å². The fourth-order valence-electron chi connectivity index (χ4n) is 1.25. The second-order valence-electron chi connectivity index (χ2n) is 3.45. The van der Waals surface area contributed by atoms with Crippen molar-refractivity contribution in [3.05, 3.63) is 28.3 Å². The fraction of sp³-hybridized carbons (Fsp3) is 0.400. The third-order valence-electron chi connectivity index (χ3n) is 2.26. The van der Waals surface area contributed by atoms with E-state index in [2.05, 4.69) is 5.32 Å². The van der Waals surface area contributed by atoms with Crippen LogP contribution in [-0.2, 0) is 0 Å². The van der Waals surface area contributed by atoms with Crippen LogP contribution in [0, 0.1) is 10.1 Å². The average Bonchev–Trinajstić information content (AvgIpc) is 2.17. The van der Waals surface area contributed by atoms with E-state index in [9.17, 15) is 10.1 Å². The fourth-order valence-corrected chi connectivity index (χ4v) is 1.25. The van der Waals surface area contributed by atoms with Gasteiger partial charge in [-0.05, 0) is 25.5 Å². The Bertz CT molecular complexity index is 366. The molecule has 0 aromatic heterocycles. The Morgan fingerprint density at radius 1 is 1.60 bits per heavy atom. The van der Waals surface area contributed by atoms with Gasteiger partial charge in [-0.25, -0.2) is 0 Å². The molecule has 0 aliphatic rings. The Morgan fingerprint density at radius 2 is 2.27 bits per heavy atom. The summed E-state index contributed by atoms with van der Waals surface area (Å²) in [5.41, 5.74) is 6.18. The van der Waals surface area contributed by atoms with Gasteiger partial charge in [0.2, 0.25) is 0 Å². The largest absolute Gasteiger partial charge is 0.393 e. The van der Waals surface area contributed by atoms with Gasteiger partial charge >= 0.3 is 5.69 Å². The number of anilines is 2. The molecule has 1 unspecified atom stereocenters. The SMILES string of the molecule is CCC(C)Nc1cccc(N)c1[N+](=O)[O-]. The first-order valence-electron chi connectivity index (χ1n) is 4.85. The minimum atomic E-state index is -0.458. The lowest BCUT2D eigenvalue weighted by molar-refractivity contribution is -0.383. The van der Waals surface area contributed by atoms with Crippen molar-refractivity contribution < 1.29 is 4.92 Å². The number of benzene rings is 1. The van der Waals surface area contributed by atoms with E-state index in [0.717, 1.165) is 6.42 Å². The first kappa shape index (κ1) is 11.3. The van der Waals surface area contributed by atoms with Crippen molar-refractivity contribution in [3.8, 4) is 0 Å². The van der Waals surface area contributed by atoms with Crippen LogP contribution >= 0.6 is 0 Å². The minimum Gasteiger partial charge on any atom is -0.393 e. The van der Waals surface area contributed by atoms with Crippen LogP contribution in [0.15, 0.2) is 18.2 Å². The number of hydrogen-bond acceptors (Lipinski definition) is 4. The number of nitro groups is 1. The lowest BCUT2D eigenvalue weighted by Gasteiger charge is -2.13. The third-order valence-corrected chi connectivity index (χ3v) is 2.26. The van der Waals surface area contributed by atoms with Crippen LogP contribution in [-0.4, -0.2) is 11.0 Å². The number of nitrogens with zero attached hydrogens (tertiary/aromatic N) is 1. The maximum atomic E-state index is 10.8. The molecule has 1 rings (SSSR count). The minimum absolute atomic E-state index is 0.0437. The Kier molecular flexibility index (Phi) is 3.49. The first-order valence-corrected chi connectivity index (χ1v) is 4.85. The molecule has 15 heavy (non-hydrogen) atoms. The predicted octanol–water partition coefficient (Wildman–Crippen LogP) is 2.39. The smallest absolute Gasteiger partial charge is 0.314 e. The van der Waals surface area contributed by atoms with E-state index in [4.69, 9.17) is 5.73 Å². The molecule has 0 fully saturated rings. The van der Waals surface area contributed by atoms with Crippen molar-refractivity contribution in [3.63, 3.8) is 0 Å². The number of rotatable bonds is 4. The van der Waals surface area contributed by atoms with Gasteiger partial charge in [-0.3, -0.25) is 10.1 Å². The number of nitrogens with two attached hydrogens (primary N) is 1. The summed E-state index contributed by atoms with van der Waals surface area (Å²) in [4.78, 5) is 10.3. The molecule has 5 nitrogen and oxygen atoms in total. The molecule has 3 N–H and O–H groups in total. The molecule has 82 valence electrons. The van der Waals surface area contributed by atoms with Gasteiger partial charge in [0.05, 0.1) is 4.92 Å². The maximum Gasteiger partial charge on any atom is 0.314 e. The summed E-state index contributed by atoms with van der Waals surface area (Å²) < 4.78 is 0. The summed E-state index contributed by atoms with van der Waals surface area (Å²) in [6.07, 6.45) is 0.895. The molecular weight excluding hydrogens is 194 g/mol. The summed E-state index contributed by atoms with van der Waals surface area (Å²) in [6.45, 7) is 3.97. The molecule has 5 heteroatoms. The topological polar surface area (TPSA) is 81.2 Å². The van der Waals surface area contributed by atoms with Gasteiger partial charge in [-0.2, -0.15) is 0 Å². The van der Waals surface area contributed by atoms with Crippen molar-refractivity contribution in [1.82, 2.24) is 0 Å². The van der Waals surface area contributed by atoms with Crippen LogP contribution in [0.3, 0.4) is 0 Å². The number of para-hydroxylation sites is 1. The summed E-state index contributed by atoms with van der Waals surface area (Å²) in [7, 11) is 0. The average molecular weight is 209 g/mol. The van der Waals surface area contributed by atoms with E-state index in [1.807, 2.05) is 13.8 Å². The second-order valence-corrected chi connectivity index (χ2v) is 3.45. The van der Waals surface area contributed by atoms with Gasteiger partial charge in [0.15, 0.2) is 0 Å². The van der Waals surface area contributed by atoms with Gasteiger partial charge in [0, 0.05) is 6.04 Å². The molecule has 0 aliphatic heterocycles. The zero-order valence-electron chi connectivity index (χ0n) is 8.86.